The van der Waals surface area contributed by atoms with Crippen molar-refractivity contribution in [2.45, 2.75) is 58.7 Å². The van der Waals surface area contributed by atoms with E-state index in [9.17, 15) is 0 Å². The first-order valence-electron chi connectivity index (χ1n) is 8.21. The SMILES string of the molecule is CCC(C)C1CN(Cc2cccc(Cl)c2)C(C)(CC)CN1. The van der Waals surface area contributed by atoms with Crippen LogP contribution < -0.4 is 5.32 Å². The van der Waals surface area contributed by atoms with Gasteiger partial charge in [-0.15, -0.1) is 0 Å². The fourth-order valence-corrected chi connectivity index (χ4v) is 3.32. The molecular formula is C18H29ClN2. The second kappa shape index (κ2) is 7.13. The quantitative estimate of drug-likeness (QED) is 0.871. The average Bonchev–Trinajstić information content (AvgIpc) is 2.49. The van der Waals surface area contributed by atoms with Crippen LogP contribution in [0.15, 0.2) is 24.3 Å². The highest BCUT2D eigenvalue weighted by Crippen LogP contribution is 2.28. The largest absolute Gasteiger partial charge is 0.311 e. The fourth-order valence-electron chi connectivity index (χ4n) is 3.11. The topological polar surface area (TPSA) is 15.3 Å². The lowest BCUT2D eigenvalue weighted by Crippen LogP contribution is -2.63. The van der Waals surface area contributed by atoms with Crippen LogP contribution >= 0.6 is 11.6 Å². The Morgan fingerprint density at radius 3 is 2.81 bits per heavy atom. The van der Waals surface area contributed by atoms with Gasteiger partial charge in [-0.05, 0) is 37.0 Å². The van der Waals surface area contributed by atoms with E-state index in [0.29, 0.717) is 12.0 Å². The summed E-state index contributed by atoms with van der Waals surface area (Å²) in [6, 6.07) is 8.87. The Balaban J connectivity index is 2.14. The van der Waals surface area contributed by atoms with Crippen molar-refractivity contribution in [3.8, 4) is 0 Å². The normalized spacial score (nSPS) is 28.5. The monoisotopic (exact) mass is 308 g/mol. The minimum atomic E-state index is 0.228. The maximum absolute atomic E-state index is 6.14. The van der Waals surface area contributed by atoms with Gasteiger partial charge in [0.1, 0.15) is 0 Å². The molecule has 21 heavy (non-hydrogen) atoms. The van der Waals surface area contributed by atoms with Gasteiger partial charge in [0.05, 0.1) is 0 Å². The van der Waals surface area contributed by atoms with E-state index < -0.39 is 0 Å². The first-order chi connectivity index (χ1) is 9.98. The van der Waals surface area contributed by atoms with Crippen LogP contribution in [0.4, 0.5) is 0 Å². The van der Waals surface area contributed by atoms with Crippen LogP contribution in [0, 0.1) is 5.92 Å². The van der Waals surface area contributed by atoms with Crippen molar-refractivity contribution in [2.75, 3.05) is 13.1 Å². The third kappa shape index (κ3) is 4.00. The molecule has 1 aliphatic rings. The molecule has 1 aromatic rings. The molecule has 0 amide bonds. The molecule has 0 aromatic heterocycles. The van der Waals surface area contributed by atoms with E-state index in [0.717, 1.165) is 31.1 Å². The number of rotatable bonds is 5. The molecule has 1 N–H and O–H groups in total. The van der Waals surface area contributed by atoms with Crippen LogP contribution in [-0.2, 0) is 6.54 Å². The standard InChI is InChI=1S/C18H29ClN2/c1-5-14(3)17-12-21(18(4,6-2)13-20-17)11-15-8-7-9-16(19)10-15/h7-10,14,17,20H,5-6,11-13H2,1-4H3. The summed E-state index contributed by atoms with van der Waals surface area (Å²) >= 11 is 6.14. The summed E-state index contributed by atoms with van der Waals surface area (Å²) in [6.45, 7) is 12.5. The number of nitrogens with one attached hydrogen (secondary N) is 1. The molecule has 1 saturated heterocycles. The van der Waals surface area contributed by atoms with Crippen molar-refractivity contribution in [3.63, 3.8) is 0 Å². The first-order valence-corrected chi connectivity index (χ1v) is 8.59. The van der Waals surface area contributed by atoms with Gasteiger partial charge in [0.2, 0.25) is 0 Å². The van der Waals surface area contributed by atoms with Crippen LogP contribution in [0.3, 0.4) is 0 Å². The van der Waals surface area contributed by atoms with Crippen molar-refractivity contribution in [1.29, 1.82) is 0 Å². The zero-order valence-corrected chi connectivity index (χ0v) is 14.6. The molecular weight excluding hydrogens is 280 g/mol. The molecule has 0 saturated carbocycles. The van der Waals surface area contributed by atoms with Crippen LogP contribution in [0.5, 0.6) is 0 Å². The summed E-state index contributed by atoms with van der Waals surface area (Å²) in [7, 11) is 0. The predicted octanol–water partition coefficient (Wildman–Crippen LogP) is 4.33. The van der Waals surface area contributed by atoms with Gasteiger partial charge in [-0.1, -0.05) is 50.9 Å². The minimum Gasteiger partial charge on any atom is -0.311 e. The number of piperazine rings is 1. The molecule has 2 rings (SSSR count). The zero-order chi connectivity index (χ0) is 15.5. The average molecular weight is 309 g/mol. The molecule has 2 nitrogen and oxygen atoms in total. The van der Waals surface area contributed by atoms with E-state index in [1.54, 1.807) is 0 Å². The number of nitrogens with zero attached hydrogens (tertiary/aromatic N) is 1. The van der Waals surface area contributed by atoms with E-state index in [-0.39, 0.29) is 5.54 Å². The molecule has 1 heterocycles. The van der Waals surface area contributed by atoms with Crippen molar-refractivity contribution in [2.24, 2.45) is 5.92 Å². The molecule has 0 radical (unpaired) electrons. The molecule has 3 atom stereocenters. The third-order valence-electron chi connectivity index (χ3n) is 5.28. The number of halogens is 1. The summed E-state index contributed by atoms with van der Waals surface area (Å²) in [4.78, 5) is 2.64. The van der Waals surface area contributed by atoms with E-state index in [1.165, 1.54) is 12.0 Å². The van der Waals surface area contributed by atoms with Gasteiger partial charge in [-0.25, -0.2) is 0 Å². The fraction of sp³-hybridized carbons (Fsp3) is 0.667. The molecule has 3 heteroatoms. The Hall–Kier alpha value is -0.570. The van der Waals surface area contributed by atoms with Crippen molar-refractivity contribution >= 4 is 11.6 Å². The van der Waals surface area contributed by atoms with Gasteiger partial charge in [0, 0.05) is 36.2 Å². The maximum atomic E-state index is 6.14. The Morgan fingerprint density at radius 1 is 1.43 bits per heavy atom. The number of hydrogen-bond acceptors (Lipinski definition) is 2. The Bertz CT molecular complexity index is 462. The van der Waals surface area contributed by atoms with E-state index >= 15 is 0 Å². The van der Waals surface area contributed by atoms with E-state index in [1.807, 2.05) is 6.07 Å². The predicted molar refractivity (Wildman–Crippen MR) is 91.8 cm³/mol. The first kappa shape index (κ1) is 16.8. The summed E-state index contributed by atoms with van der Waals surface area (Å²) in [6.07, 6.45) is 2.39. The van der Waals surface area contributed by atoms with Gasteiger partial charge in [-0.2, -0.15) is 0 Å². The molecule has 0 aliphatic carbocycles. The van der Waals surface area contributed by atoms with Gasteiger partial charge >= 0.3 is 0 Å². The van der Waals surface area contributed by atoms with E-state index in [4.69, 9.17) is 11.6 Å². The van der Waals surface area contributed by atoms with Gasteiger partial charge < -0.3 is 5.32 Å². The van der Waals surface area contributed by atoms with Crippen molar-refractivity contribution < 1.29 is 0 Å². The number of benzene rings is 1. The Morgan fingerprint density at radius 2 is 2.19 bits per heavy atom. The Kier molecular flexibility index (Phi) is 5.70. The van der Waals surface area contributed by atoms with Crippen LogP contribution in [-0.4, -0.2) is 29.6 Å². The Labute approximate surface area is 134 Å². The summed E-state index contributed by atoms with van der Waals surface area (Å²) in [5.74, 6) is 0.716. The minimum absolute atomic E-state index is 0.228. The second-order valence-corrected chi connectivity index (χ2v) is 7.17. The molecule has 0 spiro atoms. The number of hydrogen-bond donors (Lipinski definition) is 1. The van der Waals surface area contributed by atoms with Crippen molar-refractivity contribution in [3.05, 3.63) is 34.9 Å². The summed E-state index contributed by atoms with van der Waals surface area (Å²) < 4.78 is 0. The van der Waals surface area contributed by atoms with Gasteiger partial charge in [-0.3, -0.25) is 4.90 Å². The second-order valence-electron chi connectivity index (χ2n) is 6.73. The molecule has 118 valence electrons. The molecule has 1 aliphatic heterocycles. The van der Waals surface area contributed by atoms with Crippen LogP contribution in [0.25, 0.3) is 0 Å². The highest BCUT2D eigenvalue weighted by molar-refractivity contribution is 6.30. The lowest BCUT2D eigenvalue weighted by molar-refractivity contribution is 0.0294. The third-order valence-corrected chi connectivity index (χ3v) is 5.52. The molecule has 1 fully saturated rings. The zero-order valence-electron chi connectivity index (χ0n) is 13.8. The lowest BCUT2D eigenvalue weighted by atomic mass is 9.87. The summed E-state index contributed by atoms with van der Waals surface area (Å²) in [5.41, 5.74) is 1.54. The molecule has 3 unspecified atom stereocenters. The molecule has 0 bridgehead atoms. The molecule has 1 aromatic carbocycles. The van der Waals surface area contributed by atoms with Crippen LogP contribution in [0.2, 0.25) is 5.02 Å². The smallest absolute Gasteiger partial charge is 0.0409 e. The maximum Gasteiger partial charge on any atom is 0.0409 e. The highest BCUT2D eigenvalue weighted by Gasteiger charge is 2.37. The van der Waals surface area contributed by atoms with E-state index in [2.05, 4.69) is 56.1 Å². The van der Waals surface area contributed by atoms with Crippen molar-refractivity contribution in [1.82, 2.24) is 10.2 Å². The summed E-state index contributed by atoms with van der Waals surface area (Å²) in [5, 5.41) is 4.60. The van der Waals surface area contributed by atoms with Gasteiger partial charge in [0.15, 0.2) is 0 Å². The van der Waals surface area contributed by atoms with Gasteiger partial charge in [0.25, 0.3) is 0 Å². The van der Waals surface area contributed by atoms with Crippen LogP contribution in [0.1, 0.15) is 46.1 Å². The lowest BCUT2D eigenvalue weighted by Gasteiger charge is -2.49. The highest BCUT2D eigenvalue weighted by atomic mass is 35.5.